The van der Waals surface area contributed by atoms with Gasteiger partial charge < -0.3 is 14.5 Å². The Balaban J connectivity index is 1.19. The van der Waals surface area contributed by atoms with Gasteiger partial charge in [0, 0.05) is 31.7 Å². The Morgan fingerprint density at radius 2 is 1.55 bits per heavy atom. The number of nitrogens with zero attached hydrogens (tertiary/aromatic N) is 2. The highest BCUT2D eigenvalue weighted by Gasteiger charge is 2.55. The molecule has 2 amide bonds. The summed E-state index contributed by atoms with van der Waals surface area (Å²) in [7, 11) is 0. The average Bonchev–Trinajstić information content (AvgIpc) is 2.76. The van der Waals surface area contributed by atoms with E-state index < -0.39 is 0 Å². The van der Waals surface area contributed by atoms with Crippen LogP contribution in [0.1, 0.15) is 62.7 Å². The average molecular weight is 425 g/mol. The summed E-state index contributed by atoms with van der Waals surface area (Å²) in [5.41, 5.74) is 0.588. The molecule has 6 rings (SSSR count). The van der Waals surface area contributed by atoms with Crippen molar-refractivity contribution in [2.75, 3.05) is 32.8 Å². The molecular formula is C26H36N2O3. The summed E-state index contributed by atoms with van der Waals surface area (Å²) >= 11 is 0. The summed E-state index contributed by atoms with van der Waals surface area (Å²) in [4.78, 5) is 30.6. The highest BCUT2D eigenvalue weighted by molar-refractivity contribution is 5.95. The first-order valence-electron chi connectivity index (χ1n) is 12.2. The molecule has 4 bridgehead atoms. The van der Waals surface area contributed by atoms with Gasteiger partial charge in [-0.15, -0.1) is 0 Å². The molecule has 168 valence electrons. The van der Waals surface area contributed by atoms with Gasteiger partial charge in [0.25, 0.3) is 5.91 Å². The van der Waals surface area contributed by atoms with Crippen molar-refractivity contribution in [2.24, 2.45) is 29.1 Å². The van der Waals surface area contributed by atoms with E-state index in [0.29, 0.717) is 50.2 Å². The van der Waals surface area contributed by atoms with Gasteiger partial charge in [0.15, 0.2) is 0 Å². The Morgan fingerprint density at radius 1 is 0.968 bits per heavy atom. The number of carbonyl (C=O) groups is 2. The molecule has 1 heterocycles. The van der Waals surface area contributed by atoms with Crippen molar-refractivity contribution in [3.63, 3.8) is 0 Å². The second-order valence-electron chi connectivity index (χ2n) is 11.0. The van der Waals surface area contributed by atoms with E-state index in [0.717, 1.165) is 42.8 Å². The third-order valence-corrected chi connectivity index (χ3v) is 8.01. The zero-order chi connectivity index (χ0) is 21.6. The highest BCUT2D eigenvalue weighted by Crippen LogP contribution is 2.60. The molecule has 5 heteroatoms. The highest BCUT2D eigenvalue weighted by atomic mass is 16.5. The number of carbonyl (C=O) groups excluding carboxylic acids is 2. The summed E-state index contributed by atoms with van der Waals surface area (Å²) < 4.78 is 5.79. The van der Waals surface area contributed by atoms with Gasteiger partial charge >= 0.3 is 0 Å². The largest absolute Gasteiger partial charge is 0.493 e. The molecule has 5 aliphatic rings. The Bertz CT molecular complexity index is 806. The number of piperazine rings is 1. The lowest BCUT2D eigenvalue weighted by Crippen LogP contribution is -2.58. The number of hydrogen-bond acceptors (Lipinski definition) is 3. The van der Waals surface area contributed by atoms with Crippen LogP contribution in [0.25, 0.3) is 0 Å². The number of amides is 2. The maximum absolute atomic E-state index is 13.6. The quantitative estimate of drug-likeness (QED) is 0.711. The number of hydrogen-bond donors (Lipinski definition) is 0. The second-order valence-corrected chi connectivity index (χ2v) is 11.0. The lowest BCUT2D eigenvalue weighted by atomic mass is 9.49. The van der Waals surface area contributed by atoms with Gasteiger partial charge in [-0.2, -0.15) is 0 Å². The second kappa shape index (κ2) is 8.14. The van der Waals surface area contributed by atoms with Gasteiger partial charge in [0.1, 0.15) is 5.75 Å². The molecule has 4 saturated carbocycles. The van der Waals surface area contributed by atoms with Gasteiger partial charge in [-0.1, -0.05) is 19.9 Å². The molecule has 0 N–H and O–H groups in total. The predicted octanol–water partition coefficient (Wildman–Crippen LogP) is 4.22. The molecule has 0 unspecified atom stereocenters. The van der Waals surface area contributed by atoms with Gasteiger partial charge in [-0.05, 0) is 80.4 Å². The molecule has 31 heavy (non-hydrogen) atoms. The van der Waals surface area contributed by atoms with Crippen molar-refractivity contribution in [2.45, 2.75) is 52.4 Å². The minimum absolute atomic E-state index is 0.0388. The minimum Gasteiger partial charge on any atom is -0.493 e. The minimum atomic E-state index is -0.0803. The SMILES string of the molecule is CC(C)COc1cccc(C(=O)N2CCN(C(=O)C34CC5CC(CC(C5)C3)C4)CC2)c1. The molecular weight excluding hydrogens is 388 g/mol. The molecule has 1 aromatic rings. The van der Waals surface area contributed by atoms with Crippen LogP contribution in [-0.2, 0) is 4.79 Å². The van der Waals surface area contributed by atoms with E-state index >= 15 is 0 Å². The van der Waals surface area contributed by atoms with Gasteiger partial charge in [-0.25, -0.2) is 0 Å². The van der Waals surface area contributed by atoms with Crippen LogP contribution in [0.4, 0.5) is 0 Å². The smallest absolute Gasteiger partial charge is 0.254 e. The van der Waals surface area contributed by atoms with Crippen molar-refractivity contribution >= 4 is 11.8 Å². The molecule has 5 fully saturated rings. The fourth-order valence-electron chi connectivity index (χ4n) is 6.98. The topological polar surface area (TPSA) is 49.9 Å². The van der Waals surface area contributed by atoms with Crippen LogP contribution >= 0.6 is 0 Å². The third kappa shape index (κ3) is 4.08. The van der Waals surface area contributed by atoms with Crippen molar-refractivity contribution in [1.29, 1.82) is 0 Å². The van der Waals surface area contributed by atoms with Gasteiger partial charge in [0.2, 0.25) is 5.91 Å². The van der Waals surface area contributed by atoms with E-state index in [2.05, 4.69) is 18.7 Å². The zero-order valence-electron chi connectivity index (χ0n) is 19.0. The summed E-state index contributed by atoms with van der Waals surface area (Å²) in [6, 6.07) is 7.49. The maximum atomic E-state index is 13.6. The van der Waals surface area contributed by atoms with Crippen LogP contribution in [0.15, 0.2) is 24.3 Å². The van der Waals surface area contributed by atoms with Gasteiger partial charge in [0.05, 0.1) is 12.0 Å². The van der Waals surface area contributed by atoms with Crippen LogP contribution in [0, 0.1) is 29.1 Å². The molecule has 0 spiro atoms. The fraction of sp³-hybridized carbons (Fsp3) is 0.692. The molecule has 1 aliphatic heterocycles. The Labute approximate surface area is 186 Å². The number of rotatable bonds is 5. The molecule has 1 aromatic carbocycles. The van der Waals surface area contributed by atoms with E-state index in [9.17, 15) is 9.59 Å². The predicted molar refractivity (Wildman–Crippen MR) is 120 cm³/mol. The Morgan fingerprint density at radius 3 is 2.13 bits per heavy atom. The lowest BCUT2D eigenvalue weighted by Gasteiger charge is -2.57. The normalized spacial score (nSPS) is 31.9. The summed E-state index contributed by atoms with van der Waals surface area (Å²) in [6.07, 6.45) is 7.40. The van der Waals surface area contributed by atoms with E-state index in [1.165, 1.54) is 19.3 Å². The molecule has 0 aromatic heterocycles. The van der Waals surface area contributed by atoms with E-state index in [1.54, 1.807) is 0 Å². The zero-order valence-corrected chi connectivity index (χ0v) is 19.0. The molecule has 0 atom stereocenters. The number of benzene rings is 1. The molecule has 0 radical (unpaired) electrons. The van der Waals surface area contributed by atoms with Crippen molar-refractivity contribution in [3.05, 3.63) is 29.8 Å². The summed E-state index contributed by atoms with van der Waals surface area (Å²) in [5, 5.41) is 0. The van der Waals surface area contributed by atoms with Crippen LogP contribution in [0.3, 0.4) is 0 Å². The Hall–Kier alpha value is -2.04. The molecule has 4 aliphatic carbocycles. The van der Waals surface area contributed by atoms with Crippen LogP contribution in [-0.4, -0.2) is 54.4 Å². The first-order chi connectivity index (χ1) is 14.9. The number of ether oxygens (including phenoxy) is 1. The maximum Gasteiger partial charge on any atom is 0.254 e. The molecule has 5 nitrogen and oxygen atoms in total. The Kier molecular flexibility index (Phi) is 5.47. The fourth-order valence-corrected chi connectivity index (χ4v) is 6.98. The monoisotopic (exact) mass is 424 g/mol. The van der Waals surface area contributed by atoms with Crippen LogP contribution in [0.5, 0.6) is 5.75 Å². The van der Waals surface area contributed by atoms with Crippen molar-refractivity contribution in [1.82, 2.24) is 9.80 Å². The molecule has 1 saturated heterocycles. The van der Waals surface area contributed by atoms with Crippen molar-refractivity contribution < 1.29 is 14.3 Å². The lowest BCUT2D eigenvalue weighted by molar-refractivity contribution is -0.159. The van der Waals surface area contributed by atoms with Crippen molar-refractivity contribution in [3.8, 4) is 5.75 Å². The standard InChI is InChI=1S/C26H36N2O3/c1-18(2)17-31-23-5-3-4-22(13-23)24(29)27-6-8-28(9-7-27)25(30)26-14-19-10-20(15-26)12-21(11-19)16-26/h3-5,13,18-21H,6-12,14-17H2,1-2H3. The summed E-state index contributed by atoms with van der Waals surface area (Å²) in [5.74, 6) is 3.96. The van der Waals surface area contributed by atoms with E-state index in [4.69, 9.17) is 4.74 Å². The van der Waals surface area contributed by atoms with Crippen LogP contribution in [0.2, 0.25) is 0 Å². The summed E-state index contributed by atoms with van der Waals surface area (Å²) in [6.45, 7) is 7.43. The third-order valence-electron chi connectivity index (χ3n) is 8.01. The van der Waals surface area contributed by atoms with E-state index in [-0.39, 0.29) is 11.3 Å². The first-order valence-corrected chi connectivity index (χ1v) is 12.2. The first kappa shape index (κ1) is 20.8. The van der Waals surface area contributed by atoms with Crippen LogP contribution < -0.4 is 4.74 Å². The van der Waals surface area contributed by atoms with E-state index in [1.807, 2.05) is 29.2 Å². The van der Waals surface area contributed by atoms with Gasteiger partial charge in [-0.3, -0.25) is 9.59 Å².